The van der Waals surface area contributed by atoms with Gasteiger partial charge < -0.3 is 9.47 Å². The summed E-state index contributed by atoms with van der Waals surface area (Å²) in [6, 6.07) is 4.73. The molecule has 0 fully saturated rings. The summed E-state index contributed by atoms with van der Waals surface area (Å²) in [4.78, 5) is 32.9. The lowest BCUT2D eigenvalue weighted by Crippen LogP contribution is -2.32. The van der Waals surface area contributed by atoms with E-state index in [0.717, 1.165) is 4.90 Å². The van der Waals surface area contributed by atoms with E-state index in [-0.39, 0.29) is 35.7 Å². The molecular weight excluding hydrogens is 500 g/mol. The minimum Gasteiger partial charge on any atom is -0.488 e. The Bertz CT molecular complexity index is 894. The summed E-state index contributed by atoms with van der Waals surface area (Å²) < 4.78 is 10.9. The molecule has 0 aliphatic heterocycles. The van der Waals surface area contributed by atoms with Gasteiger partial charge in [-0.15, -0.1) is 0 Å². The molecule has 0 spiro atoms. The monoisotopic (exact) mass is 514 g/mol. The first kappa shape index (κ1) is 21.8. The zero-order valence-corrected chi connectivity index (χ0v) is 18.0. The summed E-state index contributed by atoms with van der Waals surface area (Å²) in [6.45, 7) is 5.46. The first-order chi connectivity index (χ1) is 13.4. The summed E-state index contributed by atoms with van der Waals surface area (Å²) in [5.41, 5.74) is 0.0222. The van der Waals surface area contributed by atoms with Crippen molar-refractivity contribution < 1.29 is 19.2 Å². The molecule has 0 aromatic carbocycles. The van der Waals surface area contributed by atoms with Gasteiger partial charge in [-0.3, -0.25) is 20.0 Å². The van der Waals surface area contributed by atoms with Gasteiger partial charge in [0.15, 0.2) is 4.60 Å². The molecule has 0 aliphatic carbocycles. The van der Waals surface area contributed by atoms with Crippen molar-refractivity contribution in [3.8, 4) is 5.75 Å². The fourth-order valence-electron chi connectivity index (χ4n) is 2.26. The van der Waals surface area contributed by atoms with Gasteiger partial charge >= 0.3 is 11.8 Å². The molecule has 28 heavy (non-hydrogen) atoms. The Morgan fingerprint density at radius 3 is 2.86 bits per heavy atom. The molecule has 148 valence electrons. The normalized spacial score (nSPS) is 10.2. The van der Waals surface area contributed by atoms with Crippen LogP contribution in [-0.4, -0.2) is 34.2 Å². The van der Waals surface area contributed by atoms with Gasteiger partial charge in [0.2, 0.25) is 0 Å². The molecule has 0 bridgehead atoms. The maximum absolute atomic E-state index is 12.6. The summed E-state index contributed by atoms with van der Waals surface area (Å²) in [6.07, 6.45) is 2.34. The summed E-state index contributed by atoms with van der Waals surface area (Å²) >= 11 is 6.27. The van der Waals surface area contributed by atoms with Gasteiger partial charge in [0, 0.05) is 12.3 Å². The Morgan fingerprint density at radius 1 is 1.46 bits per heavy atom. The number of amides is 1. The van der Waals surface area contributed by atoms with Crippen molar-refractivity contribution in [2.24, 2.45) is 0 Å². The molecule has 0 unspecified atom stereocenters. The van der Waals surface area contributed by atoms with E-state index < -0.39 is 11.0 Å². The first-order valence-corrected chi connectivity index (χ1v) is 9.59. The lowest BCUT2D eigenvalue weighted by molar-refractivity contribution is -0.385. The molecule has 11 heteroatoms. The molecule has 0 saturated heterocycles. The molecule has 0 radical (unpaired) electrons. The van der Waals surface area contributed by atoms with Gasteiger partial charge in [-0.25, -0.2) is 9.78 Å². The van der Waals surface area contributed by atoms with Crippen LogP contribution in [0.4, 0.5) is 16.2 Å². The van der Waals surface area contributed by atoms with E-state index >= 15 is 0 Å². The van der Waals surface area contributed by atoms with Crippen LogP contribution in [-0.2, 0) is 11.3 Å². The molecule has 2 aromatic heterocycles. The van der Waals surface area contributed by atoms with Gasteiger partial charge in [0.1, 0.15) is 28.3 Å². The molecular formula is C17H16Br2N4O5. The molecule has 2 heterocycles. The number of hydrogen-bond donors (Lipinski definition) is 0. The lowest BCUT2D eigenvalue weighted by atomic mass is 10.2. The van der Waals surface area contributed by atoms with E-state index in [1.807, 2.05) is 0 Å². The number of halogens is 2. The van der Waals surface area contributed by atoms with Gasteiger partial charge in [0.05, 0.1) is 18.1 Å². The zero-order valence-electron chi connectivity index (χ0n) is 14.8. The number of carbonyl (C=O) groups excluding carboxylic acids is 1. The molecule has 2 rings (SSSR count). The van der Waals surface area contributed by atoms with Crippen LogP contribution in [0.3, 0.4) is 0 Å². The van der Waals surface area contributed by atoms with Gasteiger partial charge in [-0.05, 0) is 50.9 Å². The average Bonchev–Trinajstić information content (AvgIpc) is 2.64. The third kappa shape index (κ3) is 5.26. The first-order valence-electron chi connectivity index (χ1n) is 8.01. The van der Waals surface area contributed by atoms with Crippen LogP contribution in [0.25, 0.3) is 0 Å². The van der Waals surface area contributed by atoms with Crippen molar-refractivity contribution in [2.45, 2.75) is 13.5 Å². The second-order valence-electron chi connectivity index (χ2n) is 5.19. The van der Waals surface area contributed by atoms with Crippen LogP contribution in [0.1, 0.15) is 12.6 Å². The van der Waals surface area contributed by atoms with Crippen LogP contribution in [0.2, 0.25) is 0 Å². The van der Waals surface area contributed by atoms with Crippen LogP contribution < -0.4 is 9.64 Å². The van der Waals surface area contributed by atoms with Crippen LogP contribution in [0.5, 0.6) is 5.75 Å². The van der Waals surface area contributed by atoms with Gasteiger partial charge in [-0.1, -0.05) is 12.7 Å². The van der Waals surface area contributed by atoms with Crippen LogP contribution >= 0.6 is 31.9 Å². The van der Waals surface area contributed by atoms with E-state index in [4.69, 9.17) is 9.47 Å². The fraction of sp³-hybridized carbons (Fsp3) is 0.235. The number of ether oxygens (including phenoxy) is 2. The number of nitrogens with zero attached hydrogens (tertiary/aromatic N) is 4. The molecule has 0 atom stereocenters. The van der Waals surface area contributed by atoms with Crippen molar-refractivity contribution in [3.05, 3.63) is 62.1 Å². The maximum atomic E-state index is 12.6. The van der Waals surface area contributed by atoms with E-state index in [9.17, 15) is 14.9 Å². The Balaban J connectivity index is 2.56. The second-order valence-corrected chi connectivity index (χ2v) is 6.76. The second kappa shape index (κ2) is 10.1. The quantitative estimate of drug-likeness (QED) is 0.218. The third-order valence-electron chi connectivity index (χ3n) is 3.37. The Kier molecular flexibility index (Phi) is 7.88. The zero-order chi connectivity index (χ0) is 20.7. The van der Waals surface area contributed by atoms with E-state index in [0.29, 0.717) is 16.0 Å². The molecule has 9 nitrogen and oxygen atoms in total. The molecule has 0 aliphatic rings. The minimum atomic E-state index is -0.768. The molecule has 1 amide bonds. The standard InChI is InChI=1S/C17H16Br2N4O5/c1-3-8-28-13-6-5-7-20-11(13)10-22(17(24)27-4-2)12-9-14(18)21-16(19)15(12)23(25)26/h3,5-7,9H,1,4,8,10H2,2H3. The summed E-state index contributed by atoms with van der Waals surface area (Å²) in [7, 11) is 0. The number of rotatable bonds is 8. The summed E-state index contributed by atoms with van der Waals surface area (Å²) in [5.74, 6) is 0.423. The Hall–Kier alpha value is -2.53. The Labute approximate surface area is 177 Å². The van der Waals surface area contributed by atoms with E-state index in [1.165, 1.54) is 12.3 Å². The largest absolute Gasteiger partial charge is 0.488 e. The minimum absolute atomic E-state index is 0.00229. The number of hydrogen-bond acceptors (Lipinski definition) is 7. The van der Waals surface area contributed by atoms with Crippen LogP contribution in [0.15, 0.2) is 46.3 Å². The third-order valence-corrected chi connectivity index (χ3v) is 4.33. The SMILES string of the molecule is C=CCOc1cccnc1CN(C(=O)OCC)c1cc(Br)nc(Br)c1[N+](=O)[O-]. The maximum Gasteiger partial charge on any atom is 0.414 e. The van der Waals surface area contributed by atoms with Crippen LogP contribution in [0, 0.1) is 10.1 Å². The molecule has 0 saturated carbocycles. The highest BCUT2D eigenvalue weighted by Gasteiger charge is 2.30. The van der Waals surface area contributed by atoms with E-state index in [2.05, 4.69) is 48.4 Å². The molecule has 2 aromatic rings. The van der Waals surface area contributed by atoms with Crippen molar-refractivity contribution >= 4 is 49.3 Å². The summed E-state index contributed by atoms with van der Waals surface area (Å²) in [5, 5.41) is 11.6. The van der Waals surface area contributed by atoms with Crippen molar-refractivity contribution in [3.63, 3.8) is 0 Å². The van der Waals surface area contributed by atoms with E-state index in [1.54, 1.807) is 25.1 Å². The number of aromatic nitrogens is 2. The number of nitro groups is 1. The predicted octanol–water partition coefficient (Wildman–Crippen LogP) is 4.64. The number of pyridine rings is 2. The van der Waals surface area contributed by atoms with Crippen molar-refractivity contribution in [2.75, 3.05) is 18.1 Å². The smallest absolute Gasteiger partial charge is 0.414 e. The van der Waals surface area contributed by atoms with Crippen molar-refractivity contribution in [1.29, 1.82) is 0 Å². The fourth-order valence-corrected chi connectivity index (χ4v) is 3.43. The number of anilines is 1. The van der Waals surface area contributed by atoms with Crippen molar-refractivity contribution in [1.82, 2.24) is 9.97 Å². The number of carbonyl (C=O) groups is 1. The highest BCUT2D eigenvalue weighted by Crippen LogP contribution is 2.37. The predicted molar refractivity (Wildman–Crippen MR) is 109 cm³/mol. The Morgan fingerprint density at radius 2 is 2.21 bits per heavy atom. The van der Waals surface area contributed by atoms with Gasteiger partial charge in [0.25, 0.3) is 0 Å². The molecule has 0 N–H and O–H groups in total. The topological polar surface area (TPSA) is 108 Å². The highest BCUT2D eigenvalue weighted by molar-refractivity contribution is 9.11. The average molecular weight is 516 g/mol. The highest BCUT2D eigenvalue weighted by atomic mass is 79.9. The lowest BCUT2D eigenvalue weighted by Gasteiger charge is -2.22. The van der Waals surface area contributed by atoms with Gasteiger partial charge in [-0.2, -0.15) is 0 Å².